The lowest BCUT2D eigenvalue weighted by atomic mass is 9.95. The van der Waals surface area contributed by atoms with Crippen LogP contribution in [-0.2, 0) is 6.18 Å². The smallest absolute Gasteiger partial charge is 0.383 e. The zero-order valence-electron chi connectivity index (χ0n) is 16.5. The second kappa shape index (κ2) is 8.26. The Hall–Kier alpha value is -4.41. The Labute approximate surface area is 190 Å². The van der Waals surface area contributed by atoms with E-state index in [-0.39, 0.29) is 33.9 Å². The summed E-state index contributed by atoms with van der Waals surface area (Å²) in [5.41, 5.74) is 6.23. The van der Waals surface area contributed by atoms with Crippen molar-refractivity contribution in [1.82, 2.24) is 19.7 Å². The van der Waals surface area contributed by atoms with E-state index in [1.54, 1.807) is 24.7 Å². The fourth-order valence-electron chi connectivity index (χ4n) is 3.29. The van der Waals surface area contributed by atoms with Gasteiger partial charge in [-0.3, -0.25) is 4.98 Å². The number of hydrogen-bond acceptors (Lipinski definition) is 6. The molecule has 2 N–H and O–H groups in total. The van der Waals surface area contributed by atoms with Crippen LogP contribution in [0.2, 0.25) is 5.02 Å². The molecule has 0 aliphatic rings. The van der Waals surface area contributed by atoms with Crippen LogP contribution in [0.15, 0.2) is 55.1 Å². The van der Waals surface area contributed by atoms with Gasteiger partial charge < -0.3 is 5.73 Å². The van der Waals surface area contributed by atoms with Crippen LogP contribution in [0, 0.1) is 22.7 Å². The van der Waals surface area contributed by atoms with Crippen molar-refractivity contribution in [1.29, 1.82) is 10.5 Å². The minimum Gasteiger partial charge on any atom is -0.383 e. The monoisotopic (exact) mass is 465 g/mol. The molecule has 0 amide bonds. The Balaban J connectivity index is 1.93. The fraction of sp³-hybridized carbons (Fsp3) is 0.0455. The minimum absolute atomic E-state index is 0.00941. The molecule has 0 unspecified atom stereocenters. The summed E-state index contributed by atoms with van der Waals surface area (Å²) in [5.74, 6) is -0.203. The minimum atomic E-state index is -4.66. The zero-order valence-corrected chi connectivity index (χ0v) is 17.2. The SMILES string of the molecule is N#Cc1c(N)nc(-n2cc(-c3cccnc3)cn2)c(C#N)c1-c1ccc(C(F)(F)F)c(Cl)c1. The summed E-state index contributed by atoms with van der Waals surface area (Å²) in [6, 6.07) is 10.3. The zero-order chi connectivity index (χ0) is 23.8. The molecule has 4 rings (SSSR count). The van der Waals surface area contributed by atoms with Crippen molar-refractivity contribution in [3.63, 3.8) is 0 Å². The molecule has 0 aliphatic heterocycles. The Morgan fingerprint density at radius 2 is 1.76 bits per heavy atom. The van der Waals surface area contributed by atoms with Crippen LogP contribution in [0.4, 0.5) is 19.0 Å². The normalized spacial score (nSPS) is 11.1. The van der Waals surface area contributed by atoms with Crippen molar-refractivity contribution in [3.8, 4) is 40.2 Å². The third-order valence-electron chi connectivity index (χ3n) is 4.79. The first-order valence-corrected chi connectivity index (χ1v) is 9.58. The number of nitrogens with zero attached hydrogens (tertiary/aromatic N) is 6. The molecule has 7 nitrogen and oxygen atoms in total. The number of hydrogen-bond donors (Lipinski definition) is 1. The summed E-state index contributed by atoms with van der Waals surface area (Å²) in [7, 11) is 0. The summed E-state index contributed by atoms with van der Waals surface area (Å²) in [4.78, 5) is 8.21. The van der Waals surface area contributed by atoms with Gasteiger partial charge in [0.15, 0.2) is 5.82 Å². The van der Waals surface area contributed by atoms with Crippen LogP contribution in [0.5, 0.6) is 0 Å². The Kier molecular flexibility index (Phi) is 5.46. The molecule has 0 spiro atoms. The summed E-state index contributed by atoms with van der Waals surface area (Å²) < 4.78 is 40.7. The molecule has 1 aromatic carbocycles. The molecular formula is C22H11ClF3N7. The third kappa shape index (κ3) is 3.95. The van der Waals surface area contributed by atoms with Gasteiger partial charge in [0, 0.05) is 35.3 Å². The van der Waals surface area contributed by atoms with Crippen molar-refractivity contribution >= 4 is 17.4 Å². The molecule has 11 heteroatoms. The first-order chi connectivity index (χ1) is 15.7. The number of nitriles is 2. The predicted molar refractivity (Wildman–Crippen MR) is 114 cm³/mol. The number of anilines is 1. The van der Waals surface area contributed by atoms with E-state index in [0.29, 0.717) is 5.56 Å². The maximum Gasteiger partial charge on any atom is 0.417 e. The molecule has 0 bridgehead atoms. The number of pyridine rings is 2. The quantitative estimate of drug-likeness (QED) is 0.455. The van der Waals surface area contributed by atoms with Crippen LogP contribution >= 0.6 is 11.6 Å². The second-order valence-corrected chi connectivity index (χ2v) is 7.18. The van der Waals surface area contributed by atoms with Gasteiger partial charge in [-0.2, -0.15) is 28.8 Å². The van der Waals surface area contributed by atoms with Gasteiger partial charge in [0.25, 0.3) is 0 Å². The summed E-state index contributed by atoms with van der Waals surface area (Å²) in [5, 5.41) is 23.2. The summed E-state index contributed by atoms with van der Waals surface area (Å²) in [6.07, 6.45) is 1.71. The van der Waals surface area contributed by atoms with E-state index in [9.17, 15) is 23.7 Å². The van der Waals surface area contributed by atoms with Crippen molar-refractivity contribution < 1.29 is 13.2 Å². The second-order valence-electron chi connectivity index (χ2n) is 6.78. The Morgan fingerprint density at radius 1 is 1.00 bits per heavy atom. The number of nitrogens with two attached hydrogens (primary N) is 1. The molecule has 33 heavy (non-hydrogen) atoms. The molecule has 0 saturated carbocycles. The molecule has 3 heterocycles. The van der Waals surface area contributed by atoms with Crippen LogP contribution in [0.1, 0.15) is 16.7 Å². The molecule has 0 radical (unpaired) electrons. The van der Waals surface area contributed by atoms with Crippen LogP contribution < -0.4 is 5.73 Å². The van der Waals surface area contributed by atoms with E-state index in [2.05, 4.69) is 15.1 Å². The highest BCUT2D eigenvalue weighted by Gasteiger charge is 2.33. The van der Waals surface area contributed by atoms with E-state index in [1.165, 1.54) is 10.9 Å². The van der Waals surface area contributed by atoms with Crippen LogP contribution in [0.25, 0.3) is 28.1 Å². The van der Waals surface area contributed by atoms with Gasteiger partial charge >= 0.3 is 6.18 Å². The lowest BCUT2D eigenvalue weighted by molar-refractivity contribution is -0.137. The predicted octanol–water partition coefficient (Wildman–Crippen LogP) is 4.99. The molecule has 4 aromatic rings. The Bertz CT molecular complexity index is 1450. The largest absolute Gasteiger partial charge is 0.417 e. The van der Waals surface area contributed by atoms with Gasteiger partial charge in [-0.25, -0.2) is 9.67 Å². The van der Waals surface area contributed by atoms with Gasteiger partial charge in [0.05, 0.1) is 16.8 Å². The van der Waals surface area contributed by atoms with Gasteiger partial charge in [-0.15, -0.1) is 0 Å². The molecule has 0 saturated heterocycles. The number of alkyl halides is 3. The highest BCUT2D eigenvalue weighted by atomic mass is 35.5. The number of rotatable bonds is 3. The van der Waals surface area contributed by atoms with E-state index < -0.39 is 16.8 Å². The number of aromatic nitrogens is 4. The van der Waals surface area contributed by atoms with Crippen molar-refractivity contribution in [2.24, 2.45) is 0 Å². The summed E-state index contributed by atoms with van der Waals surface area (Å²) in [6.45, 7) is 0. The first kappa shape index (κ1) is 21.8. The number of nitrogen functional groups attached to an aromatic ring is 1. The van der Waals surface area contributed by atoms with Gasteiger partial charge in [-0.05, 0) is 23.8 Å². The van der Waals surface area contributed by atoms with E-state index in [1.807, 2.05) is 18.2 Å². The van der Waals surface area contributed by atoms with Crippen molar-refractivity contribution in [2.45, 2.75) is 6.18 Å². The van der Waals surface area contributed by atoms with Crippen LogP contribution in [-0.4, -0.2) is 19.7 Å². The number of halogens is 4. The maximum absolute atomic E-state index is 13.1. The molecule has 0 aliphatic carbocycles. The van der Waals surface area contributed by atoms with Crippen molar-refractivity contribution in [3.05, 3.63) is 76.8 Å². The Morgan fingerprint density at radius 3 is 2.36 bits per heavy atom. The average Bonchev–Trinajstić information content (AvgIpc) is 3.28. The van der Waals surface area contributed by atoms with Crippen LogP contribution in [0.3, 0.4) is 0 Å². The molecule has 3 aromatic heterocycles. The molecule has 0 fully saturated rings. The summed E-state index contributed by atoms with van der Waals surface area (Å²) >= 11 is 5.87. The number of benzene rings is 1. The molecular weight excluding hydrogens is 455 g/mol. The van der Waals surface area contributed by atoms with Gasteiger partial charge in [0.2, 0.25) is 0 Å². The highest BCUT2D eigenvalue weighted by Crippen LogP contribution is 2.39. The van der Waals surface area contributed by atoms with E-state index >= 15 is 0 Å². The van der Waals surface area contributed by atoms with Crippen molar-refractivity contribution in [2.75, 3.05) is 5.73 Å². The van der Waals surface area contributed by atoms with E-state index in [0.717, 1.165) is 23.8 Å². The standard InChI is InChI=1S/C22H11ClF3N7/c23-18-6-12(3-4-17(18)22(24,25)26)19-15(7-27)20(29)32-21(16(19)8-28)33-11-14(10-31-33)13-2-1-5-30-9-13/h1-6,9-11H,(H2,29,32). The van der Waals surface area contributed by atoms with E-state index in [4.69, 9.17) is 17.3 Å². The molecule has 0 atom stereocenters. The first-order valence-electron chi connectivity index (χ1n) is 9.20. The van der Waals surface area contributed by atoms with Gasteiger partial charge in [-0.1, -0.05) is 23.7 Å². The van der Waals surface area contributed by atoms with Gasteiger partial charge in [0.1, 0.15) is 29.1 Å². The molecule has 162 valence electrons. The third-order valence-corrected chi connectivity index (χ3v) is 5.10. The lowest BCUT2D eigenvalue weighted by Crippen LogP contribution is -2.09. The lowest BCUT2D eigenvalue weighted by Gasteiger charge is -2.15. The topological polar surface area (TPSA) is 117 Å². The average molecular weight is 466 g/mol. The highest BCUT2D eigenvalue weighted by molar-refractivity contribution is 6.31. The maximum atomic E-state index is 13.1. The fourth-order valence-corrected chi connectivity index (χ4v) is 3.57.